The van der Waals surface area contributed by atoms with E-state index in [-0.39, 0.29) is 22.9 Å². The first-order valence-electron chi connectivity index (χ1n) is 7.74. The molecule has 3 heteroatoms. The first-order valence-corrected chi connectivity index (χ1v) is 7.74. The maximum Gasteiger partial charge on any atom is 0.312 e. The summed E-state index contributed by atoms with van der Waals surface area (Å²) in [7, 11) is 0. The van der Waals surface area contributed by atoms with Gasteiger partial charge in [0.25, 0.3) is 0 Å². The lowest BCUT2D eigenvalue weighted by atomic mass is 9.61. The molecule has 0 amide bonds. The summed E-state index contributed by atoms with van der Waals surface area (Å²) in [6.45, 7) is 19.9. The van der Waals surface area contributed by atoms with Gasteiger partial charge in [-0.1, -0.05) is 55.4 Å². The SMILES string of the molecule is CC.CC(C)(C)CC(C)(C(=O)OCC1CO1)C(C)(C)C. The maximum atomic E-state index is 12.4. The molecule has 2 atom stereocenters. The van der Waals surface area contributed by atoms with Gasteiger partial charge in [-0.25, -0.2) is 0 Å². The van der Waals surface area contributed by atoms with Crippen LogP contribution in [0, 0.1) is 16.2 Å². The number of esters is 1. The largest absolute Gasteiger partial charge is 0.462 e. The Hall–Kier alpha value is -0.570. The summed E-state index contributed by atoms with van der Waals surface area (Å²) in [5, 5.41) is 0. The van der Waals surface area contributed by atoms with Crippen LogP contribution >= 0.6 is 0 Å². The Bertz CT molecular complexity index is 305. The average Bonchev–Trinajstić information content (AvgIpc) is 3.08. The van der Waals surface area contributed by atoms with E-state index >= 15 is 0 Å². The van der Waals surface area contributed by atoms with E-state index in [2.05, 4.69) is 41.5 Å². The second-order valence-electron chi connectivity index (χ2n) is 7.87. The first kappa shape index (κ1) is 19.4. The van der Waals surface area contributed by atoms with E-state index in [1.165, 1.54) is 0 Å². The summed E-state index contributed by atoms with van der Waals surface area (Å²) >= 11 is 0. The van der Waals surface area contributed by atoms with Crippen molar-refractivity contribution in [1.29, 1.82) is 0 Å². The standard InChI is InChI=1S/C15H28O3.C2H6/c1-13(2,3)10-15(7,14(4,5)6)12(16)18-9-11-8-17-11;1-2/h11H,8-10H2,1-7H3;1-2H3. The molecule has 1 aliphatic heterocycles. The minimum Gasteiger partial charge on any atom is -0.462 e. The maximum absolute atomic E-state index is 12.4. The van der Waals surface area contributed by atoms with E-state index in [0.717, 1.165) is 13.0 Å². The second kappa shape index (κ2) is 6.93. The van der Waals surface area contributed by atoms with E-state index in [9.17, 15) is 4.79 Å². The molecule has 0 aliphatic carbocycles. The molecule has 1 rings (SSSR count). The monoisotopic (exact) mass is 286 g/mol. The molecular formula is C17H34O3. The molecule has 0 aromatic heterocycles. The Morgan fingerprint density at radius 3 is 1.85 bits per heavy atom. The lowest BCUT2D eigenvalue weighted by Gasteiger charge is -2.43. The van der Waals surface area contributed by atoms with E-state index in [4.69, 9.17) is 9.47 Å². The molecule has 1 aliphatic rings. The third-order valence-electron chi connectivity index (χ3n) is 3.79. The number of ether oxygens (including phenoxy) is 2. The first-order chi connectivity index (χ1) is 8.96. The minimum absolute atomic E-state index is 0.0944. The number of carbonyl (C=O) groups is 1. The molecule has 0 spiro atoms. The van der Waals surface area contributed by atoms with Crippen molar-refractivity contribution in [3.05, 3.63) is 0 Å². The van der Waals surface area contributed by atoms with Crippen LogP contribution in [0.25, 0.3) is 0 Å². The Kier molecular flexibility index (Phi) is 6.73. The molecule has 1 saturated heterocycles. The van der Waals surface area contributed by atoms with Crippen LogP contribution in [0.1, 0.15) is 68.7 Å². The van der Waals surface area contributed by atoms with Crippen LogP contribution < -0.4 is 0 Å². The van der Waals surface area contributed by atoms with E-state index < -0.39 is 5.41 Å². The fourth-order valence-corrected chi connectivity index (χ4v) is 2.20. The van der Waals surface area contributed by atoms with Gasteiger partial charge >= 0.3 is 5.97 Å². The molecule has 20 heavy (non-hydrogen) atoms. The summed E-state index contributed by atoms with van der Waals surface area (Å²) in [5.74, 6) is -0.0968. The molecule has 3 nitrogen and oxygen atoms in total. The molecule has 0 radical (unpaired) electrons. The highest BCUT2D eigenvalue weighted by Crippen LogP contribution is 2.47. The number of epoxide rings is 1. The van der Waals surface area contributed by atoms with Crippen molar-refractivity contribution in [3.8, 4) is 0 Å². The summed E-state index contributed by atoms with van der Waals surface area (Å²) in [4.78, 5) is 12.4. The third-order valence-corrected chi connectivity index (χ3v) is 3.79. The lowest BCUT2D eigenvalue weighted by molar-refractivity contribution is -0.165. The van der Waals surface area contributed by atoms with Gasteiger partial charge in [-0.05, 0) is 24.2 Å². The average molecular weight is 286 g/mol. The third kappa shape index (κ3) is 5.82. The van der Waals surface area contributed by atoms with Gasteiger partial charge < -0.3 is 9.47 Å². The Labute approximate surface area is 125 Å². The summed E-state index contributed by atoms with van der Waals surface area (Å²) in [5.41, 5.74) is -0.501. The minimum atomic E-state index is -0.472. The van der Waals surface area contributed by atoms with Crippen molar-refractivity contribution in [2.75, 3.05) is 13.2 Å². The molecule has 0 saturated carbocycles. The fraction of sp³-hybridized carbons (Fsp3) is 0.941. The lowest BCUT2D eigenvalue weighted by Crippen LogP contribution is -2.44. The second-order valence-corrected chi connectivity index (χ2v) is 7.87. The molecule has 2 unspecified atom stereocenters. The highest BCUT2D eigenvalue weighted by molar-refractivity contribution is 5.77. The highest BCUT2D eigenvalue weighted by Gasteiger charge is 2.48. The van der Waals surface area contributed by atoms with Crippen LogP contribution in [0.3, 0.4) is 0 Å². The number of carbonyl (C=O) groups excluding carboxylic acids is 1. The van der Waals surface area contributed by atoms with Gasteiger partial charge in [-0.15, -0.1) is 0 Å². The normalized spacial score (nSPS) is 21.4. The van der Waals surface area contributed by atoms with Crippen molar-refractivity contribution in [1.82, 2.24) is 0 Å². The quantitative estimate of drug-likeness (QED) is 0.566. The van der Waals surface area contributed by atoms with Gasteiger partial charge in [0, 0.05) is 0 Å². The van der Waals surface area contributed by atoms with Crippen molar-refractivity contribution in [2.45, 2.75) is 74.8 Å². The van der Waals surface area contributed by atoms with Gasteiger partial charge in [-0.3, -0.25) is 4.79 Å². The summed E-state index contributed by atoms with van der Waals surface area (Å²) in [6, 6.07) is 0. The molecule has 1 fully saturated rings. The van der Waals surface area contributed by atoms with Gasteiger partial charge in [0.1, 0.15) is 12.7 Å². The van der Waals surface area contributed by atoms with Crippen LogP contribution in [0.2, 0.25) is 0 Å². The van der Waals surface area contributed by atoms with Crippen molar-refractivity contribution in [3.63, 3.8) is 0 Å². The van der Waals surface area contributed by atoms with Crippen LogP contribution in [-0.4, -0.2) is 25.3 Å². The van der Waals surface area contributed by atoms with Gasteiger partial charge in [0.2, 0.25) is 0 Å². The van der Waals surface area contributed by atoms with Crippen LogP contribution in [0.5, 0.6) is 0 Å². The molecular weight excluding hydrogens is 252 g/mol. The number of rotatable bonds is 4. The van der Waals surface area contributed by atoms with Crippen LogP contribution in [-0.2, 0) is 14.3 Å². The predicted molar refractivity (Wildman–Crippen MR) is 83.7 cm³/mol. The molecule has 0 aromatic rings. The number of hydrogen-bond acceptors (Lipinski definition) is 3. The predicted octanol–water partition coefficient (Wildman–Crippen LogP) is 4.44. The van der Waals surface area contributed by atoms with Crippen molar-refractivity contribution < 1.29 is 14.3 Å². The molecule has 0 bridgehead atoms. The van der Waals surface area contributed by atoms with Crippen LogP contribution in [0.15, 0.2) is 0 Å². The topological polar surface area (TPSA) is 38.8 Å². The highest BCUT2D eigenvalue weighted by atomic mass is 16.6. The van der Waals surface area contributed by atoms with Crippen LogP contribution in [0.4, 0.5) is 0 Å². The zero-order chi connectivity index (χ0) is 16.2. The molecule has 120 valence electrons. The zero-order valence-electron chi connectivity index (χ0n) is 14.9. The fourth-order valence-electron chi connectivity index (χ4n) is 2.20. The van der Waals surface area contributed by atoms with Gasteiger partial charge in [-0.2, -0.15) is 0 Å². The van der Waals surface area contributed by atoms with E-state index in [1.807, 2.05) is 20.8 Å². The Morgan fingerprint density at radius 1 is 1.10 bits per heavy atom. The van der Waals surface area contributed by atoms with Crippen molar-refractivity contribution >= 4 is 5.97 Å². The summed E-state index contributed by atoms with van der Waals surface area (Å²) < 4.78 is 10.5. The number of hydrogen-bond donors (Lipinski definition) is 0. The van der Waals surface area contributed by atoms with E-state index in [0.29, 0.717) is 6.61 Å². The van der Waals surface area contributed by atoms with Gasteiger partial charge in [0.05, 0.1) is 12.0 Å². The van der Waals surface area contributed by atoms with Gasteiger partial charge in [0.15, 0.2) is 0 Å². The molecule has 0 aromatic carbocycles. The molecule has 0 N–H and O–H groups in total. The Morgan fingerprint density at radius 2 is 1.55 bits per heavy atom. The van der Waals surface area contributed by atoms with Crippen molar-refractivity contribution in [2.24, 2.45) is 16.2 Å². The molecule has 1 heterocycles. The summed E-state index contributed by atoms with van der Waals surface area (Å²) in [6.07, 6.45) is 0.946. The van der Waals surface area contributed by atoms with E-state index in [1.54, 1.807) is 0 Å². The smallest absolute Gasteiger partial charge is 0.312 e. The Balaban J connectivity index is 0.00000172. The zero-order valence-corrected chi connectivity index (χ0v) is 14.9.